The van der Waals surface area contributed by atoms with Gasteiger partial charge in [-0.3, -0.25) is 9.69 Å². The summed E-state index contributed by atoms with van der Waals surface area (Å²) in [5.41, 5.74) is 1.41. The number of carbonyl (C=O) groups excluding carboxylic acids is 1. The summed E-state index contributed by atoms with van der Waals surface area (Å²) in [7, 11) is 0. The Morgan fingerprint density at radius 1 is 1.42 bits per heavy atom. The molecule has 0 aliphatic carbocycles. The Labute approximate surface area is 114 Å². The lowest BCUT2D eigenvalue weighted by Gasteiger charge is -2.35. The molecule has 0 atom stereocenters. The van der Waals surface area contributed by atoms with Crippen molar-refractivity contribution in [3.8, 4) is 0 Å². The van der Waals surface area contributed by atoms with Crippen LogP contribution in [0.2, 0.25) is 0 Å². The number of nitrogens with zero attached hydrogens (tertiary/aromatic N) is 1. The number of hydrogen-bond acceptors (Lipinski definition) is 3. The van der Waals surface area contributed by atoms with Crippen LogP contribution in [0.25, 0.3) is 0 Å². The Bertz CT molecular complexity index is 447. The standard InChI is InChI=1S/C15H22N2O2/c1-12-4-3-5-13(10-12)16-14(18)11-17-8-6-15(2,19)7-9-17/h3-5,10,19H,6-9,11H2,1-2H3,(H,16,18). The highest BCUT2D eigenvalue weighted by atomic mass is 16.3. The van der Waals surface area contributed by atoms with E-state index in [9.17, 15) is 9.90 Å². The van der Waals surface area contributed by atoms with Crippen LogP contribution in [0.15, 0.2) is 24.3 Å². The molecule has 104 valence electrons. The minimum atomic E-state index is -0.566. The van der Waals surface area contributed by atoms with E-state index in [1.165, 1.54) is 0 Å². The lowest BCUT2D eigenvalue weighted by molar-refractivity contribution is -0.118. The van der Waals surface area contributed by atoms with Gasteiger partial charge in [0.05, 0.1) is 12.1 Å². The molecule has 2 rings (SSSR count). The van der Waals surface area contributed by atoms with Gasteiger partial charge in [-0.05, 0) is 44.4 Å². The van der Waals surface area contributed by atoms with Crippen LogP contribution in [0.1, 0.15) is 25.3 Å². The molecule has 0 bridgehead atoms. The monoisotopic (exact) mass is 262 g/mol. The molecule has 0 unspecified atom stereocenters. The third kappa shape index (κ3) is 4.33. The van der Waals surface area contributed by atoms with Gasteiger partial charge >= 0.3 is 0 Å². The Morgan fingerprint density at radius 3 is 2.74 bits per heavy atom. The van der Waals surface area contributed by atoms with Gasteiger partial charge in [-0.15, -0.1) is 0 Å². The third-order valence-corrected chi connectivity index (χ3v) is 3.60. The number of piperidine rings is 1. The van der Waals surface area contributed by atoms with Crippen LogP contribution in [0.5, 0.6) is 0 Å². The van der Waals surface area contributed by atoms with Crippen molar-refractivity contribution < 1.29 is 9.90 Å². The maximum atomic E-state index is 11.9. The molecule has 1 amide bonds. The molecule has 4 heteroatoms. The van der Waals surface area contributed by atoms with Crippen LogP contribution in [-0.2, 0) is 4.79 Å². The predicted octanol–water partition coefficient (Wildman–Crippen LogP) is 1.78. The van der Waals surface area contributed by atoms with E-state index in [4.69, 9.17) is 0 Å². The number of anilines is 1. The fraction of sp³-hybridized carbons (Fsp3) is 0.533. The Morgan fingerprint density at radius 2 is 2.11 bits per heavy atom. The van der Waals surface area contributed by atoms with E-state index in [1.54, 1.807) is 0 Å². The number of benzene rings is 1. The summed E-state index contributed by atoms with van der Waals surface area (Å²) in [6.45, 7) is 5.80. The molecule has 1 heterocycles. The lowest BCUT2D eigenvalue weighted by atomic mass is 9.94. The highest BCUT2D eigenvalue weighted by Crippen LogP contribution is 2.20. The van der Waals surface area contributed by atoms with Crippen molar-refractivity contribution in [3.63, 3.8) is 0 Å². The third-order valence-electron chi connectivity index (χ3n) is 3.60. The summed E-state index contributed by atoms with van der Waals surface area (Å²) < 4.78 is 0. The van der Waals surface area contributed by atoms with E-state index in [1.807, 2.05) is 38.1 Å². The first kappa shape index (κ1) is 14.0. The molecule has 2 N–H and O–H groups in total. The van der Waals surface area contributed by atoms with Gasteiger partial charge in [0.15, 0.2) is 0 Å². The van der Waals surface area contributed by atoms with Gasteiger partial charge in [0.2, 0.25) is 5.91 Å². The van der Waals surface area contributed by atoms with Crippen molar-refractivity contribution in [1.29, 1.82) is 0 Å². The maximum Gasteiger partial charge on any atom is 0.238 e. The van der Waals surface area contributed by atoms with Gasteiger partial charge in [-0.1, -0.05) is 12.1 Å². The van der Waals surface area contributed by atoms with Gasteiger partial charge in [0.25, 0.3) is 0 Å². The van der Waals surface area contributed by atoms with Crippen molar-refractivity contribution >= 4 is 11.6 Å². The van der Waals surface area contributed by atoms with E-state index in [0.717, 1.165) is 37.2 Å². The zero-order valence-corrected chi connectivity index (χ0v) is 11.6. The van der Waals surface area contributed by atoms with Crippen LogP contribution < -0.4 is 5.32 Å². The van der Waals surface area contributed by atoms with Crippen LogP contribution >= 0.6 is 0 Å². The molecule has 1 fully saturated rings. The van der Waals surface area contributed by atoms with E-state index in [0.29, 0.717) is 6.54 Å². The zero-order valence-electron chi connectivity index (χ0n) is 11.6. The van der Waals surface area contributed by atoms with Gasteiger partial charge in [-0.2, -0.15) is 0 Å². The Balaban J connectivity index is 1.82. The van der Waals surface area contributed by atoms with E-state index in [2.05, 4.69) is 10.2 Å². The van der Waals surface area contributed by atoms with Crippen LogP contribution in [0, 0.1) is 6.92 Å². The Kier molecular flexibility index (Phi) is 4.22. The normalized spacial score (nSPS) is 19.1. The van der Waals surface area contributed by atoms with Gasteiger partial charge in [0, 0.05) is 18.8 Å². The topological polar surface area (TPSA) is 52.6 Å². The maximum absolute atomic E-state index is 11.9. The number of likely N-dealkylation sites (tertiary alicyclic amines) is 1. The largest absolute Gasteiger partial charge is 0.390 e. The lowest BCUT2D eigenvalue weighted by Crippen LogP contribution is -2.45. The van der Waals surface area contributed by atoms with Gasteiger partial charge in [0.1, 0.15) is 0 Å². The number of carbonyl (C=O) groups is 1. The first-order chi connectivity index (χ1) is 8.94. The molecule has 0 radical (unpaired) electrons. The zero-order chi connectivity index (χ0) is 13.9. The number of hydrogen-bond donors (Lipinski definition) is 2. The highest BCUT2D eigenvalue weighted by Gasteiger charge is 2.27. The fourth-order valence-electron chi connectivity index (χ4n) is 2.32. The molecule has 1 saturated heterocycles. The first-order valence-electron chi connectivity index (χ1n) is 6.76. The second-order valence-corrected chi connectivity index (χ2v) is 5.69. The molecular formula is C15H22N2O2. The summed E-state index contributed by atoms with van der Waals surface area (Å²) in [5.74, 6) is 0.00661. The summed E-state index contributed by atoms with van der Waals surface area (Å²) in [6.07, 6.45) is 1.45. The fourth-order valence-corrected chi connectivity index (χ4v) is 2.32. The van der Waals surface area contributed by atoms with Crippen molar-refractivity contribution in [2.24, 2.45) is 0 Å². The first-order valence-corrected chi connectivity index (χ1v) is 6.76. The van der Waals surface area contributed by atoms with Gasteiger partial charge < -0.3 is 10.4 Å². The molecule has 1 aromatic carbocycles. The minimum absolute atomic E-state index is 0.00661. The molecule has 1 aliphatic heterocycles. The minimum Gasteiger partial charge on any atom is -0.390 e. The van der Waals surface area contributed by atoms with E-state index < -0.39 is 5.60 Å². The number of amides is 1. The molecule has 1 aromatic rings. The number of aryl methyl sites for hydroxylation is 1. The average Bonchev–Trinajstić information content (AvgIpc) is 2.32. The van der Waals surface area contributed by atoms with Gasteiger partial charge in [-0.25, -0.2) is 0 Å². The molecular weight excluding hydrogens is 240 g/mol. The summed E-state index contributed by atoms with van der Waals surface area (Å²) in [4.78, 5) is 14.0. The number of rotatable bonds is 3. The molecule has 0 aromatic heterocycles. The van der Waals surface area contributed by atoms with Crippen molar-refractivity contribution in [2.45, 2.75) is 32.3 Å². The van der Waals surface area contributed by atoms with E-state index in [-0.39, 0.29) is 5.91 Å². The molecule has 0 spiro atoms. The molecule has 1 aliphatic rings. The summed E-state index contributed by atoms with van der Waals surface area (Å²) >= 11 is 0. The van der Waals surface area contributed by atoms with Crippen molar-refractivity contribution in [2.75, 3.05) is 25.0 Å². The SMILES string of the molecule is Cc1cccc(NC(=O)CN2CCC(C)(O)CC2)c1. The van der Waals surface area contributed by atoms with Crippen LogP contribution in [0.4, 0.5) is 5.69 Å². The van der Waals surface area contributed by atoms with Crippen LogP contribution in [0.3, 0.4) is 0 Å². The Hall–Kier alpha value is -1.39. The summed E-state index contributed by atoms with van der Waals surface area (Å²) in [6, 6.07) is 7.79. The molecule has 0 saturated carbocycles. The number of aliphatic hydroxyl groups is 1. The van der Waals surface area contributed by atoms with Crippen molar-refractivity contribution in [3.05, 3.63) is 29.8 Å². The average molecular weight is 262 g/mol. The second-order valence-electron chi connectivity index (χ2n) is 5.69. The highest BCUT2D eigenvalue weighted by molar-refractivity contribution is 5.92. The second kappa shape index (κ2) is 5.72. The molecule has 19 heavy (non-hydrogen) atoms. The number of nitrogens with one attached hydrogen (secondary N) is 1. The van der Waals surface area contributed by atoms with Crippen LogP contribution in [-0.4, -0.2) is 41.1 Å². The van der Waals surface area contributed by atoms with E-state index >= 15 is 0 Å². The van der Waals surface area contributed by atoms with Crippen molar-refractivity contribution in [1.82, 2.24) is 4.90 Å². The molecule has 4 nitrogen and oxygen atoms in total. The quantitative estimate of drug-likeness (QED) is 0.873. The smallest absolute Gasteiger partial charge is 0.238 e. The summed E-state index contributed by atoms with van der Waals surface area (Å²) in [5, 5.41) is 12.8. The predicted molar refractivity (Wildman–Crippen MR) is 76.1 cm³/mol.